The molecule has 0 bridgehead atoms. The van der Waals surface area contributed by atoms with Crippen molar-refractivity contribution in [3.8, 4) is 6.07 Å². The molecule has 0 radical (unpaired) electrons. The molecule has 0 aliphatic rings. The van der Waals surface area contributed by atoms with Gasteiger partial charge in [0.25, 0.3) is 0 Å². The third kappa shape index (κ3) is 5.54. The Hall–Kier alpha value is -1.86. The summed E-state index contributed by atoms with van der Waals surface area (Å²) in [7, 11) is 0. The molecule has 0 aliphatic heterocycles. The maximum atomic E-state index is 11.9. The average Bonchev–Trinajstić information content (AvgIpc) is 2.40. The van der Waals surface area contributed by atoms with Gasteiger partial charge in [0.1, 0.15) is 5.92 Å². The molecule has 0 aromatic heterocycles. The fraction of sp³-hybridized carbons (Fsp3) is 0.467. The van der Waals surface area contributed by atoms with E-state index in [0.717, 1.165) is 12.0 Å². The van der Waals surface area contributed by atoms with Crippen LogP contribution >= 0.6 is 0 Å². The van der Waals surface area contributed by atoms with E-state index < -0.39 is 5.92 Å². The number of carbonyl (C=O) groups is 1. The SMILES string of the molecule is CC(C)OCCCNC(=O)C(C#N)c1ccccc1. The van der Waals surface area contributed by atoms with Gasteiger partial charge in [-0.15, -0.1) is 0 Å². The fourth-order valence-corrected chi connectivity index (χ4v) is 1.63. The molecule has 0 aliphatic carbocycles. The first-order valence-corrected chi connectivity index (χ1v) is 6.49. The Morgan fingerprint density at radius 3 is 2.63 bits per heavy atom. The van der Waals surface area contributed by atoms with Crippen LogP contribution in [-0.2, 0) is 9.53 Å². The van der Waals surface area contributed by atoms with E-state index >= 15 is 0 Å². The first-order valence-electron chi connectivity index (χ1n) is 6.49. The van der Waals surface area contributed by atoms with E-state index in [1.54, 1.807) is 12.1 Å². The van der Waals surface area contributed by atoms with Crippen molar-refractivity contribution in [1.82, 2.24) is 5.32 Å². The van der Waals surface area contributed by atoms with Gasteiger partial charge in [-0.05, 0) is 25.8 Å². The third-order valence-corrected chi connectivity index (χ3v) is 2.60. The molecule has 1 unspecified atom stereocenters. The molecule has 1 N–H and O–H groups in total. The number of nitrogens with zero attached hydrogens (tertiary/aromatic N) is 1. The molecule has 1 atom stereocenters. The quantitative estimate of drug-likeness (QED) is 0.765. The highest BCUT2D eigenvalue weighted by molar-refractivity contribution is 5.86. The van der Waals surface area contributed by atoms with Crippen LogP contribution in [0.3, 0.4) is 0 Å². The maximum absolute atomic E-state index is 11.9. The van der Waals surface area contributed by atoms with Crippen molar-refractivity contribution in [2.45, 2.75) is 32.3 Å². The van der Waals surface area contributed by atoms with E-state index in [0.29, 0.717) is 13.2 Å². The monoisotopic (exact) mass is 260 g/mol. The highest BCUT2D eigenvalue weighted by Gasteiger charge is 2.18. The molecular formula is C15H20N2O2. The fourth-order valence-electron chi connectivity index (χ4n) is 1.63. The highest BCUT2D eigenvalue weighted by Crippen LogP contribution is 2.14. The summed E-state index contributed by atoms with van der Waals surface area (Å²) in [6.07, 6.45) is 0.948. The minimum absolute atomic E-state index is 0.201. The Labute approximate surface area is 114 Å². The standard InChI is InChI=1S/C15H20N2O2/c1-12(2)19-10-6-9-17-15(18)14(11-16)13-7-4-3-5-8-13/h3-5,7-8,12,14H,6,9-10H2,1-2H3,(H,17,18). The summed E-state index contributed by atoms with van der Waals surface area (Å²) >= 11 is 0. The van der Waals surface area contributed by atoms with Crippen LogP contribution in [0.15, 0.2) is 30.3 Å². The molecule has 19 heavy (non-hydrogen) atoms. The highest BCUT2D eigenvalue weighted by atomic mass is 16.5. The number of carbonyl (C=O) groups excluding carboxylic acids is 1. The van der Waals surface area contributed by atoms with Crippen LogP contribution in [0, 0.1) is 11.3 Å². The number of hydrogen-bond donors (Lipinski definition) is 1. The van der Waals surface area contributed by atoms with Gasteiger partial charge in [-0.2, -0.15) is 5.26 Å². The molecular weight excluding hydrogens is 240 g/mol. The molecule has 4 nitrogen and oxygen atoms in total. The molecule has 0 heterocycles. The predicted octanol–water partition coefficient (Wildman–Crippen LogP) is 2.23. The lowest BCUT2D eigenvalue weighted by Crippen LogP contribution is -2.30. The lowest BCUT2D eigenvalue weighted by molar-refractivity contribution is -0.121. The van der Waals surface area contributed by atoms with E-state index in [1.165, 1.54) is 0 Å². The van der Waals surface area contributed by atoms with E-state index in [-0.39, 0.29) is 12.0 Å². The summed E-state index contributed by atoms with van der Waals surface area (Å²) in [5.74, 6) is -0.995. The lowest BCUT2D eigenvalue weighted by atomic mass is 10.00. The zero-order chi connectivity index (χ0) is 14.1. The van der Waals surface area contributed by atoms with Gasteiger partial charge in [-0.1, -0.05) is 30.3 Å². The first kappa shape index (κ1) is 15.2. The average molecular weight is 260 g/mol. The summed E-state index contributed by atoms with van der Waals surface area (Å²) in [4.78, 5) is 11.9. The van der Waals surface area contributed by atoms with Crippen molar-refractivity contribution in [3.05, 3.63) is 35.9 Å². The number of benzene rings is 1. The number of ether oxygens (including phenoxy) is 1. The topological polar surface area (TPSA) is 62.1 Å². The molecule has 0 saturated heterocycles. The summed E-state index contributed by atoms with van der Waals surface area (Å²) in [6, 6.07) is 11.1. The second kappa shape index (κ2) is 8.28. The van der Waals surface area contributed by atoms with E-state index in [9.17, 15) is 4.79 Å². The van der Waals surface area contributed by atoms with Crippen LogP contribution in [0.25, 0.3) is 0 Å². The maximum Gasteiger partial charge on any atom is 0.241 e. The predicted molar refractivity (Wildman–Crippen MR) is 73.5 cm³/mol. The van der Waals surface area contributed by atoms with Crippen LogP contribution in [0.2, 0.25) is 0 Å². The van der Waals surface area contributed by atoms with Gasteiger partial charge in [0.2, 0.25) is 5.91 Å². The van der Waals surface area contributed by atoms with Crippen molar-refractivity contribution in [2.75, 3.05) is 13.2 Å². The van der Waals surface area contributed by atoms with E-state index in [2.05, 4.69) is 5.32 Å². The summed E-state index contributed by atoms with van der Waals surface area (Å²) in [5.41, 5.74) is 0.723. The first-order chi connectivity index (χ1) is 9.15. The Morgan fingerprint density at radius 1 is 1.37 bits per heavy atom. The Kier molecular flexibility index (Phi) is 6.62. The summed E-state index contributed by atoms with van der Waals surface area (Å²) < 4.78 is 5.38. The van der Waals surface area contributed by atoms with E-state index in [1.807, 2.05) is 38.1 Å². The Bertz CT molecular complexity index is 424. The second-order valence-corrected chi connectivity index (χ2v) is 4.54. The smallest absolute Gasteiger partial charge is 0.241 e. The number of rotatable bonds is 7. The number of nitriles is 1. The molecule has 1 rings (SSSR count). The van der Waals surface area contributed by atoms with Gasteiger partial charge in [0, 0.05) is 13.2 Å². The largest absolute Gasteiger partial charge is 0.379 e. The minimum atomic E-state index is -0.743. The van der Waals surface area contributed by atoms with Crippen LogP contribution in [-0.4, -0.2) is 25.2 Å². The molecule has 0 saturated carbocycles. The number of amides is 1. The van der Waals surface area contributed by atoms with Gasteiger partial charge in [-0.3, -0.25) is 4.79 Å². The van der Waals surface area contributed by atoms with Crippen LogP contribution in [0.1, 0.15) is 31.7 Å². The van der Waals surface area contributed by atoms with Gasteiger partial charge in [0.05, 0.1) is 12.2 Å². The zero-order valence-electron chi connectivity index (χ0n) is 11.4. The van der Waals surface area contributed by atoms with Crippen molar-refractivity contribution < 1.29 is 9.53 Å². The zero-order valence-corrected chi connectivity index (χ0v) is 11.4. The molecule has 102 valence electrons. The number of nitrogens with one attached hydrogen (secondary N) is 1. The lowest BCUT2D eigenvalue weighted by Gasteiger charge is -2.11. The summed E-state index contributed by atoms with van der Waals surface area (Å²) in [5, 5.41) is 11.9. The van der Waals surface area contributed by atoms with Crippen molar-refractivity contribution in [3.63, 3.8) is 0 Å². The van der Waals surface area contributed by atoms with Crippen LogP contribution in [0.5, 0.6) is 0 Å². The molecule has 0 spiro atoms. The number of hydrogen-bond acceptors (Lipinski definition) is 3. The third-order valence-electron chi connectivity index (χ3n) is 2.60. The van der Waals surface area contributed by atoms with Crippen molar-refractivity contribution >= 4 is 5.91 Å². The molecule has 0 fully saturated rings. The Morgan fingerprint density at radius 2 is 2.05 bits per heavy atom. The minimum Gasteiger partial charge on any atom is -0.379 e. The van der Waals surface area contributed by atoms with Gasteiger partial charge in [0.15, 0.2) is 0 Å². The molecule has 1 aromatic rings. The van der Waals surface area contributed by atoms with Gasteiger partial charge < -0.3 is 10.1 Å². The van der Waals surface area contributed by atoms with E-state index in [4.69, 9.17) is 10.00 Å². The van der Waals surface area contributed by atoms with Gasteiger partial charge in [-0.25, -0.2) is 0 Å². The van der Waals surface area contributed by atoms with Crippen LogP contribution in [0.4, 0.5) is 0 Å². The molecule has 4 heteroatoms. The summed E-state index contributed by atoms with van der Waals surface area (Å²) in [6.45, 7) is 5.08. The van der Waals surface area contributed by atoms with Crippen molar-refractivity contribution in [2.24, 2.45) is 0 Å². The second-order valence-electron chi connectivity index (χ2n) is 4.54. The van der Waals surface area contributed by atoms with Crippen LogP contribution < -0.4 is 5.32 Å². The van der Waals surface area contributed by atoms with Gasteiger partial charge >= 0.3 is 0 Å². The molecule has 1 aromatic carbocycles. The Balaban J connectivity index is 2.38. The van der Waals surface area contributed by atoms with Crippen molar-refractivity contribution in [1.29, 1.82) is 5.26 Å². The molecule has 1 amide bonds. The normalized spacial score (nSPS) is 11.9.